The summed E-state index contributed by atoms with van der Waals surface area (Å²) in [6, 6.07) is 17.7. The van der Waals surface area contributed by atoms with Gasteiger partial charge in [0.25, 0.3) is 5.91 Å². The Morgan fingerprint density at radius 3 is 2.51 bits per heavy atom. The minimum Gasteiger partial charge on any atom is -0.496 e. The quantitative estimate of drug-likeness (QED) is 0.342. The lowest BCUT2D eigenvalue weighted by molar-refractivity contribution is -0.121. The van der Waals surface area contributed by atoms with Crippen LogP contribution < -0.4 is 20.1 Å². The van der Waals surface area contributed by atoms with Crippen LogP contribution in [0.5, 0.6) is 11.5 Å². The largest absolute Gasteiger partial charge is 0.496 e. The molecule has 0 aromatic heterocycles. The van der Waals surface area contributed by atoms with E-state index in [9.17, 15) is 14.0 Å². The third-order valence-electron chi connectivity index (χ3n) is 7.64. The van der Waals surface area contributed by atoms with Gasteiger partial charge in [0.15, 0.2) is 11.6 Å². The van der Waals surface area contributed by atoms with Crippen molar-refractivity contribution in [2.75, 3.05) is 12.4 Å². The lowest BCUT2D eigenvalue weighted by atomic mass is 9.87. The molecular formula is C32H33FN2O4. The van der Waals surface area contributed by atoms with Crippen LogP contribution in [-0.4, -0.2) is 25.0 Å². The summed E-state index contributed by atoms with van der Waals surface area (Å²) in [6.07, 6.45) is 5.80. The fourth-order valence-corrected chi connectivity index (χ4v) is 5.65. The number of anilines is 1. The summed E-state index contributed by atoms with van der Waals surface area (Å²) in [5.74, 6) is -1.46. The molecule has 4 atom stereocenters. The van der Waals surface area contributed by atoms with Gasteiger partial charge in [0.1, 0.15) is 12.4 Å². The summed E-state index contributed by atoms with van der Waals surface area (Å²) in [7, 11) is 1.39. The Hall–Kier alpha value is -4.13. The summed E-state index contributed by atoms with van der Waals surface area (Å²) in [4.78, 5) is 26.9. The van der Waals surface area contributed by atoms with Gasteiger partial charge in [-0.2, -0.15) is 0 Å². The van der Waals surface area contributed by atoms with Gasteiger partial charge in [-0.1, -0.05) is 55.5 Å². The summed E-state index contributed by atoms with van der Waals surface area (Å²) >= 11 is 0. The number of methoxy groups -OCH3 is 1. The summed E-state index contributed by atoms with van der Waals surface area (Å²) in [5, 5.41) is 6.07. The molecule has 0 saturated heterocycles. The second-order valence-corrected chi connectivity index (χ2v) is 10.3. The fourth-order valence-electron chi connectivity index (χ4n) is 5.65. The van der Waals surface area contributed by atoms with Crippen molar-refractivity contribution in [2.45, 2.75) is 39.3 Å². The van der Waals surface area contributed by atoms with E-state index in [-0.39, 0.29) is 41.4 Å². The van der Waals surface area contributed by atoms with Gasteiger partial charge in [-0.05, 0) is 66.5 Å². The normalized spacial score (nSPS) is 21.0. The van der Waals surface area contributed by atoms with E-state index < -0.39 is 23.7 Å². The number of carbonyl (C=O) groups is 2. The van der Waals surface area contributed by atoms with Gasteiger partial charge in [-0.25, -0.2) is 4.39 Å². The van der Waals surface area contributed by atoms with Crippen LogP contribution in [0.2, 0.25) is 0 Å². The Morgan fingerprint density at radius 2 is 1.74 bits per heavy atom. The van der Waals surface area contributed by atoms with Crippen LogP contribution in [0.3, 0.4) is 0 Å². The monoisotopic (exact) mass is 528 g/mol. The average Bonchev–Trinajstić information content (AvgIpc) is 3.54. The number of ether oxygens (including phenoxy) is 2. The zero-order valence-corrected chi connectivity index (χ0v) is 22.4. The molecule has 2 N–H and O–H groups in total. The van der Waals surface area contributed by atoms with Crippen LogP contribution in [0, 0.1) is 30.5 Å². The van der Waals surface area contributed by atoms with Gasteiger partial charge in [-0.3, -0.25) is 9.59 Å². The van der Waals surface area contributed by atoms with Gasteiger partial charge in [0.05, 0.1) is 18.6 Å². The van der Waals surface area contributed by atoms with Crippen LogP contribution >= 0.6 is 0 Å². The smallest absolute Gasteiger partial charge is 0.255 e. The zero-order chi connectivity index (χ0) is 27.5. The topological polar surface area (TPSA) is 76.7 Å². The maximum absolute atomic E-state index is 14.9. The molecule has 0 spiro atoms. The van der Waals surface area contributed by atoms with E-state index in [0.717, 1.165) is 41.3 Å². The van der Waals surface area contributed by atoms with Crippen LogP contribution in [0.25, 0.3) is 0 Å². The SMILES string of the molecule is CCc1cccc(COc2cc(C(=O)N[C@H]3[C@@H](C(=O)Nc4cccc(C)c4)[C@@H]4C=C[C@H]3C4)c(OC)cc2F)c1. The molecule has 0 aliphatic heterocycles. The molecule has 7 heteroatoms. The van der Waals surface area contributed by atoms with Crippen molar-refractivity contribution in [3.05, 3.63) is 101 Å². The number of halogens is 1. The lowest BCUT2D eigenvalue weighted by Crippen LogP contribution is -2.47. The third-order valence-corrected chi connectivity index (χ3v) is 7.64. The van der Waals surface area contributed by atoms with E-state index in [1.165, 1.54) is 13.2 Å². The number of fused-ring (bicyclic) bond motifs is 2. The summed E-state index contributed by atoms with van der Waals surface area (Å²) in [6.45, 7) is 4.20. The van der Waals surface area contributed by atoms with Crippen molar-refractivity contribution < 1.29 is 23.5 Å². The van der Waals surface area contributed by atoms with E-state index in [0.29, 0.717) is 0 Å². The number of hydrogen-bond donors (Lipinski definition) is 2. The summed E-state index contributed by atoms with van der Waals surface area (Å²) < 4.78 is 26.0. The first-order chi connectivity index (χ1) is 18.9. The molecule has 2 bridgehead atoms. The number of amides is 2. The second kappa shape index (κ2) is 11.3. The van der Waals surface area contributed by atoms with Gasteiger partial charge in [-0.15, -0.1) is 0 Å². The molecule has 39 heavy (non-hydrogen) atoms. The maximum atomic E-state index is 14.9. The maximum Gasteiger partial charge on any atom is 0.255 e. The number of rotatable bonds is 9. The molecule has 3 aromatic rings. The van der Waals surface area contributed by atoms with E-state index in [2.05, 4.69) is 29.7 Å². The highest BCUT2D eigenvalue weighted by Crippen LogP contribution is 2.44. The van der Waals surface area contributed by atoms with Crippen molar-refractivity contribution >= 4 is 17.5 Å². The van der Waals surface area contributed by atoms with E-state index in [4.69, 9.17) is 9.47 Å². The van der Waals surface area contributed by atoms with Crippen LogP contribution in [-0.2, 0) is 17.8 Å². The number of hydrogen-bond acceptors (Lipinski definition) is 4. The first-order valence-corrected chi connectivity index (χ1v) is 13.3. The standard InChI is InChI=1S/C32H33FN2O4/c1-4-20-8-6-9-21(14-20)18-39-28-16-25(27(38-3)17-26(28)33)31(36)35-30-23-12-11-22(15-23)29(30)32(37)34-24-10-5-7-19(2)13-24/h5-14,16-17,22-23,29-30H,4,15,18H2,1-3H3,(H,34,37)(H,35,36)/t22-,23+,29+,30-/m1/s1. The lowest BCUT2D eigenvalue weighted by Gasteiger charge is -2.28. The highest BCUT2D eigenvalue weighted by atomic mass is 19.1. The molecule has 2 amide bonds. The zero-order valence-electron chi connectivity index (χ0n) is 22.4. The first kappa shape index (κ1) is 26.5. The Labute approximate surface area is 228 Å². The van der Waals surface area contributed by atoms with Gasteiger partial charge in [0, 0.05) is 17.8 Å². The molecule has 0 radical (unpaired) electrons. The predicted octanol–water partition coefficient (Wildman–Crippen LogP) is 5.84. The number of allylic oxidation sites excluding steroid dienone is 1. The molecule has 2 aliphatic rings. The molecule has 3 aromatic carbocycles. The number of aryl methyl sites for hydroxylation is 2. The van der Waals surface area contributed by atoms with E-state index in [1.807, 2.05) is 55.5 Å². The molecule has 5 rings (SSSR count). The molecule has 0 unspecified atom stereocenters. The Balaban J connectivity index is 1.34. The van der Waals surface area contributed by atoms with E-state index >= 15 is 0 Å². The highest BCUT2D eigenvalue weighted by molar-refractivity contribution is 5.99. The number of carbonyl (C=O) groups excluding carboxylic acids is 2. The minimum atomic E-state index is -0.617. The molecule has 0 heterocycles. The Kier molecular flexibility index (Phi) is 7.68. The third kappa shape index (κ3) is 5.67. The van der Waals surface area contributed by atoms with Crippen molar-refractivity contribution in [3.8, 4) is 11.5 Å². The molecular weight excluding hydrogens is 495 g/mol. The van der Waals surface area contributed by atoms with E-state index in [1.54, 1.807) is 0 Å². The second-order valence-electron chi connectivity index (χ2n) is 10.3. The molecule has 1 saturated carbocycles. The molecule has 1 fully saturated rings. The summed E-state index contributed by atoms with van der Waals surface area (Å²) in [5.41, 5.74) is 3.99. The van der Waals surface area contributed by atoms with Gasteiger partial charge < -0.3 is 20.1 Å². The first-order valence-electron chi connectivity index (χ1n) is 13.3. The average molecular weight is 529 g/mol. The molecule has 2 aliphatic carbocycles. The molecule has 202 valence electrons. The van der Waals surface area contributed by atoms with Crippen LogP contribution in [0.1, 0.15) is 40.4 Å². The van der Waals surface area contributed by atoms with Gasteiger partial charge >= 0.3 is 0 Å². The fraction of sp³-hybridized carbons (Fsp3) is 0.312. The highest BCUT2D eigenvalue weighted by Gasteiger charge is 2.49. The number of nitrogens with one attached hydrogen (secondary N) is 2. The predicted molar refractivity (Wildman–Crippen MR) is 148 cm³/mol. The minimum absolute atomic E-state index is 0.0376. The van der Waals surface area contributed by atoms with Crippen LogP contribution in [0.15, 0.2) is 72.8 Å². The van der Waals surface area contributed by atoms with Crippen molar-refractivity contribution in [1.29, 1.82) is 0 Å². The number of benzene rings is 3. The molecule has 6 nitrogen and oxygen atoms in total. The van der Waals surface area contributed by atoms with Crippen molar-refractivity contribution in [3.63, 3.8) is 0 Å². The Morgan fingerprint density at radius 1 is 0.974 bits per heavy atom. The van der Waals surface area contributed by atoms with Crippen molar-refractivity contribution in [2.24, 2.45) is 17.8 Å². The Bertz CT molecular complexity index is 1420. The van der Waals surface area contributed by atoms with Crippen LogP contribution in [0.4, 0.5) is 10.1 Å². The van der Waals surface area contributed by atoms with Crippen molar-refractivity contribution in [1.82, 2.24) is 5.32 Å². The van der Waals surface area contributed by atoms with Gasteiger partial charge in [0.2, 0.25) is 5.91 Å².